The first-order chi connectivity index (χ1) is 7.09. The van der Waals surface area contributed by atoms with Crippen LogP contribution in [-0.4, -0.2) is 42.4 Å². The predicted octanol–water partition coefficient (Wildman–Crippen LogP) is 0.883. The minimum atomic E-state index is -0.203. The van der Waals surface area contributed by atoms with Crippen molar-refractivity contribution in [2.45, 2.75) is 13.8 Å². The molecule has 1 heterocycles. The van der Waals surface area contributed by atoms with Gasteiger partial charge in [-0.3, -0.25) is 14.5 Å². The molecule has 1 fully saturated rings. The van der Waals surface area contributed by atoms with Gasteiger partial charge in [-0.1, -0.05) is 13.8 Å². The molecule has 0 spiro atoms. The van der Waals surface area contributed by atoms with Crippen LogP contribution in [-0.2, 0) is 14.3 Å². The van der Waals surface area contributed by atoms with Crippen LogP contribution in [0.5, 0.6) is 0 Å². The van der Waals surface area contributed by atoms with Gasteiger partial charge < -0.3 is 4.74 Å². The van der Waals surface area contributed by atoms with Gasteiger partial charge in [0.05, 0.1) is 19.8 Å². The lowest BCUT2D eigenvalue weighted by Gasteiger charge is -2.13. The Morgan fingerprint density at radius 1 is 1.20 bits per heavy atom. The minimum absolute atomic E-state index is 0.0954. The summed E-state index contributed by atoms with van der Waals surface area (Å²) >= 11 is 5.43. The van der Waals surface area contributed by atoms with Gasteiger partial charge in [0.2, 0.25) is 11.8 Å². The number of alkyl halides is 1. The molecule has 0 aromatic rings. The van der Waals surface area contributed by atoms with E-state index < -0.39 is 0 Å². The molecule has 1 aliphatic rings. The normalized spacial score (nSPS) is 26.5. The Kier molecular flexibility index (Phi) is 4.54. The van der Waals surface area contributed by atoms with E-state index in [9.17, 15) is 9.59 Å². The molecule has 0 saturated carbocycles. The molecule has 1 rings (SSSR count). The van der Waals surface area contributed by atoms with Crippen molar-refractivity contribution in [2.24, 2.45) is 11.8 Å². The quantitative estimate of drug-likeness (QED) is 0.402. The second-order valence-electron chi connectivity index (χ2n) is 3.71. The zero-order chi connectivity index (χ0) is 11.4. The summed E-state index contributed by atoms with van der Waals surface area (Å²) in [5.74, 6) is -0.172. The van der Waals surface area contributed by atoms with Crippen molar-refractivity contribution in [1.82, 2.24) is 4.90 Å². The van der Waals surface area contributed by atoms with E-state index in [-0.39, 0.29) is 23.7 Å². The van der Waals surface area contributed by atoms with E-state index in [1.165, 1.54) is 4.90 Å². The van der Waals surface area contributed by atoms with Crippen LogP contribution in [0.2, 0.25) is 0 Å². The molecule has 15 heavy (non-hydrogen) atoms. The van der Waals surface area contributed by atoms with Gasteiger partial charge in [-0.25, -0.2) is 0 Å². The molecule has 4 nitrogen and oxygen atoms in total. The number of hydrogen-bond donors (Lipinski definition) is 0. The fourth-order valence-electron chi connectivity index (χ4n) is 1.56. The number of carbonyl (C=O) groups excluding carboxylic acids is 2. The Labute approximate surface area is 94.5 Å². The summed E-state index contributed by atoms with van der Waals surface area (Å²) in [4.78, 5) is 24.5. The lowest BCUT2D eigenvalue weighted by atomic mass is 10.00. The molecule has 0 bridgehead atoms. The summed E-state index contributed by atoms with van der Waals surface area (Å²) in [5.41, 5.74) is 0. The molecule has 1 aliphatic heterocycles. The number of halogens is 1. The van der Waals surface area contributed by atoms with E-state index in [4.69, 9.17) is 16.3 Å². The fraction of sp³-hybridized carbons (Fsp3) is 0.800. The molecule has 0 aliphatic carbocycles. The van der Waals surface area contributed by atoms with Gasteiger partial charge >= 0.3 is 0 Å². The smallest absolute Gasteiger partial charge is 0.232 e. The molecular weight excluding hydrogens is 218 g/mol. The Hall–Kier alpha value is -0.610. The van der Waals surface area contributed by atoms with Crippen molar-refractivity contribution in [3.63, 3.8) is 0 Å². The number of nitrogens with zero attached hydrogens (tertiary/aromatic N) is 1. The molecule has 0 N–H and O–H groups in total. The van der Waals surface area contributed by atoms with Crippen LogP contribution in [0.15, 0.2) is 0 Å². The maximum Gasteiger partial charge on any atom is 0.232 e. The maximum absolute atomic E-state index is 11.6. The highest BCUT2D eigenvalue weighted by Gasteiger charge is 2.41. The monoisotopic (exact) mass is 233 g/mol. The van der Waals surface area contributed by atoms with Crippen molar-refractivity contribution in [3.8, 4) is 0 Å². The first-order valence-corrected chi connectivity index (χ1v) is 5.62. The standard InChI is InChI=1S/C10H16ClNO3/c1-7-8(2)10(14)12(9(7)13)4-6-15-5-3-11/h7-8H,3-6H2,1-2H3. The van der Waals surface area contributed by atoms with Crippen molar-refractivity contribution >= 4 is 23.4 Å². The van der Waals surface area contributed by atoms with Gasteiger partial charge in [-0.05, 0) is 0 Å². The van der Waals surface area contributed by atoms with Crippen LogP contribution in [0.3, 0.4) is 0 Å². The molecule has 1 saturated heterocycles. The minimum Gasteiger partial charge on any atom is -0.378 e. The van der Waals surface area contributed by atoms with Gasteiger partial charge in [-0.2, -0.15) is 0 Å². The molecule has 2 amide bonds. The molecular formula is C10H16ClNO3. The predicted molar refractivity (Wildman–Crippen MR) is 56.6 cm³/mol. The van der Waals surface area contributed by atoms with E-state index in [1.54, 1.807) is 13.8 Å². The lowest BCUT2D eigenvalue weighted by Crippen LogP contribution is -2.34. The molecule has 5 heteroatoms. The molecule has 2 unspecified atom stereocenters. The first-order valence-electron chi connectivity index (χ1n) is 5.08. The highest BCUT2D eigenvalue weighted by Crippen LogP contribution is 2.24. The summed E-state index contributed by atoms with van der Waals surface area (Å²) in [6, 6.07) is 0. The average Bonchev–Trinajstić information content (AvgIpc) is 2.41. The molecule has 86 valence electrons. The van der Waals surface area contributed by atoms with Crippen LogP contribution < -0.4 is 0 Å². The van der Waals surface area contributed by atoms with Crippen LogP contribution in [0.25, 0.3) is 0 Å². The molecule has 0 aromatic carbocycles. The SMILES string of the molecule is CC1C(=O)N(CCOCCCl)C(=O)C1C. The topological polar surface area (TPSA) is 46.6 Å². The Bertz CT molecular complexity index is 237. The van der Waals surface area contributed by atoms with E-state index in [0.29, 0.717) is 25.6 Å². The number of ether oxygens (including phenoxy) is 1. The number of amides is 2. The van der Waals surface area contributed by atoms with Crippen LogP contribution in [0.4, 0.5) is 0 Å². The van der Waals surface area contributed by atoms with Gasteiger partial charge in [0, 0.05) is 17.7 Å². The Balaban J connectivity index is 2.41. The van der Waals surface area contributed by atoms with Crippen LogP contribution in [0, 0.1) is 11.8 Å². The number of imide groups is 1. The maximum atomic E-state index is 11.6. The largest absolute Gasteiger partial charge is 0.378 e. The average molecular weight is 234 g/mol. The Morgan fingerprint density at radius 3 is 2.20 bits per heavy atom. The van der Waals surface area contributed by atoms with E-state index in [0.717, 1.165) is 0 Å². The number of rotatable bonds is 5. The highest BCUT2D eigenvalue weighted by molar-refractivity contribution is 6.17. The van der Waals surface area contributed by atoms with Crippen LogP contribution in [0.1, 0.15) is 13.8 Å². The second-order valence-corrected chi connectivity index (χ2v) is 4.08. The summed E-state index contributed by atoms with van der Waals surface area (Å²) < 4.78 is 5.13. The zero-order valence-corrected chi connectivity index (χ0v) is 9.79. The lowest BCUT2D eigenvalue weighted by molar-refractivity contribution is -0.140. The van der Waals surface area contributed by atoms with Crippen molar-refractivity contribution in [3.05, 3.63) is 0 Å². The van der Waals surface area contributed by atoms with E-state index >= 15 is 0 Å². The first kappa shape index (κ1) is 12.5. The summed E-state index contributed by atoms with van der Waals surface area (Å²) in [5, 5.41) is 0. The zero-order valence-electron chi connectivity index (χ0n) is 9.03. The number of likely N-dealkylation sites (tertiary alicyclic amines) is 1. The summed E-state index contributed by atoms with van der Waals surface area (Å²) in [7, 11) is 0. The number of carbonyl (C=O) groups is 2. The van der Waals surface area contributed by atoms with Gasteiger partial charge in [-0.15, -0.1) is 11.6 Å². The van der Waals surface area contributed by atoms with E-state index in [2.05, 4.69) is 0 Å². The molecule has 2 atom stereocenters. The molecule has 0 radical (unpaired) electrons. The number of hydrogen-bond acceptors (Lipinski definition) is 3. The summed E-state index contributed by atoms with van der Waals surface area (Å²) in [6.45, 7) is 4.71. The van der Waals surface area contributed by atoms with E-state index in [1.807, 2.05) is 0 Å². The van der Waals surface area contributed by atoms with Gasteiger partial charge in [0.25, 0.3) is 0 Å². The second kappa shape index (κ2) is 5.47. The highest BCUT2D eigenvalue weighted by atomic mass is 35.5. The van der Waals surface area contributed by atoms with Gasteiger partial charge in [0.15, 0.2) is 0 Å². The fourth-order valence-corrected chi connectivity index (χ4v) is 1.67. The third-order valence-corrected chi connectivity index (χ3v) is 2.90. The van der Waals surface area contributed by atoms with Crippen molar-refractivity contribution in [1.29, 1.82) is 0 Å². The van der Waals surface area contributed by atoms with Crippen LogP contribution >= 0.6 is 11.6 Å². The molecule has 0 aromatic heterocycles. The summed E-state index contributed by atoms with van der Waals surface area (Å²) in [6.07, 6.45) is 0. The van der Waals surface area contributed by atoms with Crippen molar-refractivity contribution in [2.75, 3.05) is 25.6 Å². The Morgan fingerprint density at radius 2 is 1.73 bits per heavy atom. The van der Waals surface area contributed by atoms with Crippen molar-refractivity contribution < 1.29 is 14.3 Å². The van der Waals surface area contributed by atoms with Gasteiger partial charge in [0.1, 0.15) is 0 Å². The third-order valence-electron chi connectivity index (χ3n) is 2.74. The third kappa shape index (κ3) is 2.69.